The minimum atomic E-state index is -1.77. The number of aromatic nitrogens is 2. The molecule has 0 radical (unpaired) electrons. The molecule has 0 N–H and O–H groups in total. The van der Waals surface area contributed by atoms with Crippen molar-refractivity contribution in [3.63, 3.8) is 0 Å². The molecule has 33 heavy (non-hydrogen) atoms. The number of hydrogen-bond acceptors (Lipinski definition) is 1. The van der Waals surface area contributed by atoms with E-state index in [0.717, 1.165) is 11.2 Å². The lowest BCUT2D eigenvalue weighted by Gasteiger charge is -2.11. The van der Waals surface area contributed by atoms with E-state index in [9.17, 15) is 0 Å². The summed E-state index contributed by atoms with van der Waals surface area (Å²) in [5.74, 6) is 1.20. The maximum absolute atomic E-state index is 6.74. The van der Waals surface area contributed by atoms with Gasteiger partial charge in [-0.05, 0) is 35.2 Å². The highest BCUT2D eigenvalue weighted by atomic mass is 28.3. The third kappa shape index (κ3) is 2.31. The van der Waals surface area contributed by atoms with Crippen LogP contribution in [0.3, 0.4) is 0 Å². The molecule has 0 atom stereocenters. The second kappa shape index (κ2) is 6.24. The summed E-state index contributed by atoms with van der Waals surface area (Å²) in [4.78, 5) is 0. The summed E-state index contributed by atoms with van der Waals surface area (Å²) >= 11 is 0. The van der Waals surface area contributed by atoms with E-state index < -0.39 is 8.07 Å². The highest BCUT2D eigenvalue weighted by Gasteiger charge is 2.47. The predicted molar refractivity (Wildman–Crippen MR) is 139 cm³/mol. The number of para-hydroxylation sites is 1. The largest absolute Gasteiger partial charge is 0.454 e. The van der Waals surface area contributed by atoms with Crippen molar-refractivity contribution in [3.8, 4) is 17.1 Å². The van der Waals surface area contributed by atoms with Crippen LogP contribution in [0.2, 0.25) is 13.1 Å². The summed E-state index contributed by atoms with van der Waals surface area (Å²) in [6, 6.07) is 26.3. The number of imidazole rings is 1. The van der Waals surface area contributed by atoms with Crippen LogP contribution in [0.15, 0.2) is 83.4 Å². The van der Waals surface area contributed by atoms with Crippen LogP contribution < -0.4 is 15.1 Å². The number of furan rings is 1. The van der Waals surface area contributed by atoms with Gasteiger partial charge < -0.3 is 4.42 Å². The first kappa shape index (κ1) is 18.9. The SMILES string of the molecule is Cc1ccc2c(oc3c4ccccc4ccc23)c1-c1n2c(c[n+]1C)[Si](C)(C)c1ccccc1-2. The van der Waals surface area contributed by atoms with Gasteiger partial charge in [-0.2, -0.15) is 4.57 Å². The van der Waals surface area contributed by atoms with Gasteiger partial charge in [-0.25, -0.2) is 4.57 Å². The Morgan fingerprint density at radius 1 is 0.788 bits per heavy atom. The van der Waals surface area contributed by atoms with Crippen LogP contribution in [0, 0.1) is 6.92 Å². The Kier molecular flexibility index (Phi) is 3.57. The van der Waals surface area contributed by atoms with Crippen LogP contribution in [0.4, 0.5) is 0 Å². The molecule has 7 rings (SSSR count). The summed E-state index contributed by atoms with van der Waals surface area (Å²) in [6.45, 7) is 7.11. The van der Waals surface area contributed by atoms with Crippen molar-refractivity contribution in [2.24, 2.45) is 7.05 Å². The molecule has 0 aliphatic carbocycles. The Morgan fingerprint density at radius 2 is 1.52 bits per heavy atom. The molecule has 4 heteroatoms. The first-order valence-electron chi connectivity index (χ1n) is 11.5. The zero-order valence-electron chi connectivity index (χ0n) is 19.3. The minimum Gasteiger partial charge on any atom is -0.454 e. The molecular weight excluding hydrogens is 420 g/mol. The monoisotopic (exact) mass is 445 g/mol. The lowest BCUT2D eigenvalue weighted by atomic mass is 10.0. The maximum Gasteiger partial charge on any atom is 0.297 e. The predicted octanol–water partition coefficient (Wildman–Crippen LogP) is 5.47. The van der Waals surface area contributed by atoms with E-state index in [2.05, 4.69) is 115 Å². The van der Waals surface area contributed by atoms with E-state index in [0.29, 0.717) is 0 Å². The summed E-state index contributed by atoms with van der Waals surface area (Å²) in [6.07, 6.45) is 2.35. The summed E-state index contributed by atoms with van der Waals surface area (Å²) < 4.78 is 11.5. The molecule has 0 fully saturated rings. The van der Waals surface area contributed by atoms with Crippen LogP contribution in [0.1, 0.15) is 5.56 Å². The van der Waals surface area contributed by atoms with Gasteiger partial charge in [0.1, 0.15) is 28.3 Å². The molecule has 0 spiro atoms. The average molecular weight is 446 g/mol. The van der Waals surface area contributed by atoms with Crippen LogP contribution in [0.25, 0.3) is 49.8 Å². The van der Waals surface area contributed by atoms with E-state index in [1.165, 1.54) is 54.7 Å². The molecular formula is C29H25N2OSi+. The first-order chi connectivity index (χ1) is 16.0. The topological polar surface area (TPSA) is 21.9 Å². The summed E-state index contributed by atoms with van der Waals surface area (Å²) in [5, 5.41) is 7.67. The molecule has 0 bridgehead atoms. The number of hydrogen-bond donors (Lipinski definition) is 0. The van der Waals surface area contributed by atoms with Gasteiger partial charge in [-0.1, -0.05) is 73.8 Å². The van der Waals surface area contributed by atoms with Crippen molar-refractivity contribution < 1.29 is 8.98 Å². The van der Waals surface area contributed by atoms with Crippen molar-refractivity contribution in [1.29, 1.82) is 0 Å². The Bertz CT molecular complexity index is 1770. The molecule has 3 nitrogen and oxygen atoms in total. The van der Waals surface area contributed by atoms with Gasteiger partial charge in [0.15, 0.2) is 13.7 Å². The van der Waals surface area contributed by atoms with Gasteiger partial charge >= 0.3 is 0 Å². The normalized spacial score (nSPS) is 14.3. The van der Waals surface area contributed by atoms with Crippen molar-refractivity contribution in [3.05, 3.63) is 84.6 Å². The third-order valence-electron chi connectivity index (χ3n) is 7.52. The molecule has 4 aromatic carbocycles. The molecule has 1 aliphatic rings. The Morgan fingerprint density at radius 3 is 2.39 bits per heavy atom. The van der Waals surface area contributed by atoms with Gasteiger partial charge in [0.05, 0.1) is 7.05 Å². The van der Waals surface area contributed by atoms with Gasteiger partial charge in [-0.3, -0.25) is 0 Å². The van der Waals surface area contributed by atoms with Crippen molar-refractivity contribution in [2.75, 3.05) is 0 Å². The quantitative estimate of drug-likeness (QED) is 0.243. The van der Waals surface area contributed by atoms with Gasteiger partial charge in [0.2, 0.25) is 0 Å². The fourth-order valence-electron chi connectivity index (χ4n) is 5.83. The molecule has 160 valence electrons. The molecule has 3 heterocycles. The van der Waals surface area contributed by atoms with Crippen LogP contribution >= 0.6 is 0 Å². The molecule has 0 amide bonds. The molecule has 0 saturated carbocycles. The van der Waals surface area contributed by atoms with Crippen molar-refractivity contribution in [2.45, 2.75) is 20.0 Å². The fraction of sp³-hybridized carbons (Fsp3) is 0.138. The lowest BCUT2D eigenvalue weighted by Crippen LogP contribution is -2.50. The average Bonchev–Trinajstić information content (AvgIpc) is 3.43. The molecule has 1 aliphatic heterocycles. The molecule has 0 saturated heterocycles. The summed E-state index contributed by atoms with van der Waals surface area (Å²) in [7, 11) is 0.404. The zero-order valence-corrected chi connectivity index (χ0v) is 20.3. The highest BCUT2D eigenvalue weighted by molar-refractivity contribution is 7.01. The Labute approximate surface area is 193 Å². The number of fused-ring (bicyclic) bond motifs is 8. The summed E-state index contributed by atoms with van der Waals surface area (Å²) in [5.41, 5.74) is 5.68. The number of nitrogens with zero attached hydrogens (tertiary/aromatic N) is 2. The van der Waals surface area contributed by atoms with Crippen LogP contribution in [-0.4, -0.2) is 12.6 Å². The number of rotatable bonds is 1. The second-order valence-electron chi connectivity index (χ2n) is 9.83. The van der Waals surface area contributed by atoms with E-state index in [4.69, 9.17) is 4.42 Å². The standard InChI is InChI=1S/C29H25N2OSi/c1-18-13-15-22-21-16-14-19-9-5-6-10-20(19)27(21)32-28(22)26(18)29-30(2)17-25-31(29)23-11-7-8-12-24(23)33(25,3)4/h5-17H,1-4H3/q+1. The number of benzene rings is 4. The Hall–Kier alpha value is -3.63. The first-order valence-corrected chi connectivity index (χ1v) is 14.5. The van der Waals surface area contributed by atoms with Crippen molar-refractivity contribution in [1.82, 2.24) is 4.57 Å². The maximum atomic E-state index is 6.74. The number of aryl methyl sites for hydroxylation is 2. The van der Waals surface area contributed by atoms with E-state index in [1.54, 1.807) is 0 Å². The Balaban J connectivity index is 1.63. The van der Waals surface area contributed by atoms with Crippen molar-refractivity contribution >= 4 is 51.3 Å². The molecule has 0 unspecified atom stereocenters. The van der Waals surface area contributed by atoms with Crippen LogP contribution in [0.5, 0.6) is 0 Å². The van der Waals surface area contributed by atoms with Gasteiger partial charge in [0.25, 0.3) is 5.82 Å². The van der Waals surface area contributed by atoms with Gasteiger partial charge in [-0.15, -0.1) is 0 Å². The highest BCUT2D eigenvalue weighted by Crippen LogP contribution is 2.40. The molecule has 2 aromatic heterocycles. The lowest BCUT2D eigenvalue weighted by molar-refractivity contribution is -0.659. The van der Waals surface area contributed by atoms with Gasteiger partial charge in [0, 0.05) is 16.2 Å². The van der Waals surface area contributed by atoms with Crippen LogP contribution in [-0.2, 0) is 7.05 Å². The molecule has 6 aromatic rings. The smallest absolute Gasteiger partial charge is 0.297 e. The van der Waals surface area contributed by atoms with E-state index >= 15 is 0 Å². The van der Waals surface area contributed by atoms with E-state index in [1.807, 2.05) is 0 Å². The second-order valence-corrected chi connectivity index (χ2v) is 14.1. The third-order valence-corrected chi connectivity index (χ3v) is 10.9. The fourth-order valence-corrected chi connectivity index (χ4v) is 8.75. The van der Waals surface area contributed by atoms with E-state index in [-0.39, 0.29) is 0 Å². The minimum absolute atomic E-state index is 0.973. The zero-order chi connectivity index (χ0) is 22.5.